The maximum Gasteiger partial charge on any atom is 0.472 e. The highest BCUT2D eigenvalue weighted by Gasteiger charge is 2.51. The Morgan fingerprint density at radius 2 is 1.04 bits per heavy atom. The van der Waals surface area contributed by atoms with Crippen molar-refractivity contribution in [2.24, 2.45) is 0 Å². The molecule has 1 fully saturated rings. The monoisotopic (exact) mass is 810 g/mol. The van der Waals surface area contributed by atoms with E-state index in [4.69, 9.17) is 9.05 Å². The molecule has 55 heavy (non-hydrogen) atoms. The summed E-state index contributed by atoms with van der Waals surface area (Å²) in [6.45, 7) is 3.71. The third kappa shape index (κ3) is 24.5. The summed E-state index contributed by atoms with van der Waals surface area (Å²) in [6.07, 6.45) is 17.4. The third-order valence-corrected chi connectivity index (χ3v) is 11.6. The van der Waals surface area contributed by atoms with Gasteiger partial charge >= 0.3 is 7.82 Å². The van der Waals surface area contributed by atoms with Crippen LogP contribution >= 0.6 is 7.82 Å². The molecule has 13 nitrogen and oxygen atoms in total. The molecule has 1 rings (SSSR count). The van der Waals surface area contributed by atoms with E-state index >= 15 is 0 Å². The summed E-state index contributed by atoms with van der Waals surface area (Å²) in [4.78, 5) is 23.3. The van der Waals surface area contributed by atoms with E-state index < -0.39 is 75.2 Å². The summed E-state index contributed by atoms with van der Waals surface area (Å²) < 4.78 is 22.8. The van der Waals surface area contributed by atoms with E-state index in [-0.39, 0.29) is 6.42 Å². The average molecular weight is 810 g/mol. The Kier molecular flexibility index (Phi) is 30.3. The molecule has 1 saturated carbocycles. The fourth-order valence-corrected chi connectivity index (χ4v) is 7.97. The molecule has 0 aromatic heterocycles. The van der Waals surface area contributed by atoms with Crippen LogP contribution in [0.4, 0.5) is 0 Å². The van der Waals surface area contributed by atoms with Crippen LogP contribution in [0.5, 0.6) is 0 Å². The normalized spacial score (nSPS) is 24.5. The summed E-state index contributed by atoms with van der Waals surface area (Å²) in [5.41, 5.74) is 0. The first-order valence-electron chi connectivity index (χ1n) is 21.7. The Bertz CT molecular complexity index is 1010. The summed E-state index contributed by atoms with van der Waals surface area (Å²) in [5, 5.41) is 74.2. The molecule has 1 aliphatic carbocycles. The van der Waals surface area contributed by atoms with Crippen LogP contribution in [0.25, 0.3) is 0 Å². The van der Waals surface area contributed by atoms with E-state index in [1.54, 1.807) is 6.08 Å². The van der Waals surface area contributed by atoms with Gasteiger partial charge in [-0.3, -0.25) is 13.8 Å². The van der Waals surface area contributed by atoms with E-state index in [2.05, 4.69) is 19.2 Å². The second kappa shape index (κ2) is 32.0. The van der Waals surface area contributed by atoms with Crippen LogP contribution in [0.15, 0.2) is 12.2 Å². The van der Waals surface area contributed by atoms with Gasteiger partial charge in [0.05, 0.1) is 31.3 Å². The molecule has 9 N–H and O–H groups in total. The van der Waals surface area contributed by atoms with Crippen LogP contribution in [0.3, 0.4) is 0 Å². The predicted octanol–water partition coefficient (Wildman–Crippen LogP) is 6.25. The van der Waals surface area contributed by atoms with Crippen LogP contribution < -0.4 is 5.32 Å². The van der Waals surface area contributed by atoms with Crippen LogP contribution in [0.2, 0.25) is 0 Å². The number of aliphatic hydroxyl groups excluding tert-OH is 7. The van der Waals surface area contributed by atoms with E-state index in [0.717, 1.165) is 44.9 Å². The van der Waals surface area contributed by atoms with Crippen molar-refractivity contribution >= 4 is 13.7 Å². The predicted molar refractivity (Wildman–Crippen MR) is 215 cm³/mol. The minimum atomic E-state index is -5.13. The van der Waals surface area contributed by atoms with Crippen LogP contribution in [-0.2, 0) is 18.4 Å². The van der Waals surface area contributed by atoms with Crippen molar-refractivity contribution in [3.05, 3.63) is 12.2 Å². The molecule has 1 aliphatic rings. The first kappa shape index (κ1) is 52.1. The number of hydrogen-bond acceptors (Lipinski definition) is 11. The Labute approximate surface area is 331 Å². The molecule has 1 amide bonds. The Morgan fingerprint density at radius 1 is 0.636 bits per heavy atom. The van der Waals surface area contributed by atoms with Gasteiger partial charge in [0.1, 0.15) is 36.6 Å². The number of carbonyl (C=O) groups excluding carboxylic acids is 1. The van der Waals surface area contributed by atoms with Gasteiger partial charge in [-0.05, 0) is 19.3 Å². The summed E-state index contributed by atoms with van der Waals surface area (Å²) in [5.74, 6) is -0.593. The van der Waals surface area contributed by atoms with Gasteiger partial charge in [0, 0.05) is 0 Å². The standard InChI is InChI=1S/C41H80NO12P/c1-3-5-7-9-11-13-15-17-19-21-23-25-27-29-34(44)33(31-53-55(51,52)54-41-39(49)37(47)36(46)38(48)40(41)50)42-35(45)30-32(43)28-26-24-22-20-18-16-14-12-10-8-6-4-2/h27,29,32-34,36-41,43-44,46-50H,3-26,28,30-31H2,1-2H3,(H,42,45)(H,51,52)/b29-27+. The second-order valence-corrected chi connectivity index (χ2v) is 17.1. The molecule has 0 spiro atoms. The highest BCUT2D eigenvalue weighted by Crippen LogP contribution is 2.47. The lowest BCUT2D eigenvalue weighted by Gasteiger charge is -2.41. The SMILES string of the molecule is CCCCCCCCCCCCC/C=C/C(O)C(COP(=O)(O)OC1C(O)C(O)C(O)C(O)C1O)NC(=O)CC(O)CCCCCCCCCCCCCC. The van der Waals surface area contributed by atoms with Crippen molar-refractivity contribution < 1.29 is 59.0 Å². The average Bonchev–Trinajstić information content (AvgIpc) is 3.15. The van der Waals surface area contributed by atoms with Crippen molar-refractivity contribution in [3.63, 3.8) is 0 Å². The first-order chi connectivity index (χ1) is 26.3. The second-order valence-electron chi connectivity index (χ2n) is 15.7. The van der Waals surface area contributed by atoms with Gasteiger partial charge in [0.15, 0.2) is 0 Å². The molecule has 0 aromatic carbocycles. The lowest BCUT2D eigenvalue weighted by molar-refractivity contribution is -0.220. The van der Waals surface area contributed by atoms with Gasteiger partial charge in [-0.15, -0.1) is 0 Å². The first-order valence-corrected chi connectivity index (χ1v) is 23.2. The van der Waals surface area contributed by atoms with E-state index in [1.165, 1.54) is 109 Å². The topological polar surface area (TPSA) is 226 Å². The molecule has 8 atom stereocenters. The highest BCUT2D eigenvalue weighted by molar-refractivity contribution is 7.47. The number of aliphatic hydroxyl groups is 7. The molecule has 14 heteroatoms. The van der Waals surface area contributed by atoms with Crippen molar-refractivity contribution in [1.29, 1.82) is 0 Å². The van der Waals surface area contributed by atoms with Crippen LogP contribution in [0.1, 0.15) is 181 Å². The molecular weight excluding hydrogens is 729 g/mol. The minimum Gasteiger partial charge on any atom is -0.393 e. The van der Waals surface area contributed by atoms with Gasteiger partial charge in [0.2, 0.25) is 5.91 Å². The summed E-state index contributed by atoms with van der Waals surface area (Å²) >= 11 is 0. The number of phosphoric ester groups is 1. The molecule has 326 valence electrons. The molecule has 0 radical (unpaired) electrons. The van der Waals surface area contributed by atoms with Crippen LogP contribution in [-0.4, -0.2) is 108 Å². The summed E-state index contributed by atoms with van der Waals surface area (Å²) in [7, 11) is -5.13. The molecule has 0 aromatic rings. The maximum absolute atomic E-state index is 12.9. The van der Waals surface area contributed by atoms with Gasteiger partial charge in [-0.1, -0.05) is 167 Å². The molecule has 8 unspecified atom stereocenters. The fourth-order valence-electron chi connectivity index (χ4n) is 7.00. The quantitative estimate of drug-likeness (QED) is 0.0197. The zero-order chi connectivity index (χ0) is 40.9. The lowest BCUT2D eigenvalue weighted by atomic mass is 9.85. The number of hydrogen-bond donors (Lipinski definition) is 9. The Morgan fingerprint density at radius 3 is 1.49 bits per heavy atom. The zero-order valence-electron chi connectivity index (χ0n) is 34.1. The number of rotatable bonds is 35. The van der Waals surface area contributed by atoms with E-state index in [1.807, 2.05) is 0 Å². The highest BCUT2D eigenvalue weighted by atomic mass is 31.2. The number of amides is 1. The summed E-state index contributed by atoms with van der Waals surface area (Å²) in [6, 6.07) is -1.23. The van der Waals surface area contributed by atoms with E-state index in [0.29, 0.717) is 12.8 Å². The number of nitrogens with one attached hydrogen (secondary N) is 1. The maximum atomic E-state index is 12.9. The lowest BCUT2D eigenvalue weighted by Crippen LogP contribution is -2.64. The third-order valence-electron chi connectivity index (χ3n) is 10.6. The number of phosphoric acid groups is 1. The molecule has 0 aliphatic heterocycles. The molecular formula is C41H80NO12P. The van der Waals surface area contributed by atoms with Crippen molar-refractivity contribution in [3.8, 4) is 0 Å². The van der Waals surface area contributed by atoms with Gasteiger partial charge in [-0.25, -0.2) is 4.57 Å². The van der Waals surface area contributed by atoms with E-state index in [9.17, 15) is 50.0 Å². The Balaban J connectivity index is 2.61. The number of carbonyl (C=O) groups is 1. The van der Waals surface area contributed by atoms with Gasteiger partial charge in [-0.2, -0.15) is 0 Å². The van der Waals surface area contributed by atoms with Crippen molar-refractivity contribution in [2.45, 2.75) is 236 Å². The fraction of sp³-hybridized carbons (Fsp3) is 0.927. The molecule has 0 saturated heterocycles. The van der Waals surface area contributed by atoms with Gasteiger partial charge < -0.3 is 46.0 Å². The van der Waals surface area contributed by atoms with Gasteiger partial charge in [0.25, 0.3) is 0 Å². The Hall–Kier alpha value is -0.960. The number of allylic oxidation sites excluding steroid dienone is 1. The molecule has 0 bridgehead atoms. The van der Waals surface area contributed by atoms with Crippen molar-refractivity contribution in [1.82, 2.24) is 5.32 Å². The zero-order valence-corrected chi connectivity index (χ0v) is 35.0. The minimum absolute atomic E-state index is 0.241. The molecule has 0 heterocycles. The van der Waals surface area contributed by atoms with Crippen LogP contribution in [0, 0.1) is 0 Å². The smallest absolute Gasteiger partial charge is 0.393 e. The largest absolute Gasteiger partial charge is 0.472 e. The van der Waals surface area contributed by atoms with Crippen molar-refractivity contribution in [2.75, 3.05) is 6.61 Å². The number of unbranched alkanes of at least 4 members (excludes halogenated alkanes) is 22.